The Morgan fingerprint density at radius 1 is 1.30 bits per heavy atom. The highest BCUT2D eigenvalue weighted by molar-refractivity contribution is 5.78. The van der Waals surface area contributed by atoms with E-state index in [4.69, 9.17) is 10.5 Å². The number of hydrogen-bond donors (Lipinski definition) is 2. The number of methoxy groups -OCH3 is 1. The first-order chi connectivity index (χ1) is 9.70. The van der Waals surface area contributed by atoms with Crippen molar-refractivity contribution in [1.29, 1.82) is 0 Å². The van der Waals surface area contributed by atoms with Crippen LogP contribution >= 0.6 is 0 Å². The van der Waals surface area contributed by atoms with E-state index in [0.29, 0.717) is 5.96 Å². The molecule has 1 atom stereocenters. The van der Waals surface area contributed by atoms with Gasteiger partial charge in [0.15, 0.2) is 5.96 Å². The minimum absolute atomic E-state index is 0.286. The Labute approximate surface area is 120 Å². The zero-order chi connectivity index (χ0) is 14.4. The number of benzene rings is 1. The van der Waals surface area contributed by atoms with Gasteiger partial charge in [0.25, 0.3) is 0 Å². The molecule has 1 saturated heterocycles. The van der Waals surface area contributed by atoms with Gasteiger partial charge in [-0.3, -0.25) is 4.99 Å². The highest BCUT2D eigenvalue weighted by Crippen LogP contribution is 2.18. The molecule has 0 amide bonds. The summed E-state index contributed by atoms with van der Waals surface area (Å²) < 4.78 is 5.09. The summed E-state index contributed by atoms with van der Waals surface area (Å²) in [6, 6.07) is 7.35. The van der Waals surface area contributed by atoms with Crippen LogP contribution in [0, 0.1) is 0 Å². The van der Waals surface area contributed by atoms with Gasteiger partial charge in [0.1, 0.15) is 5.75 Å². The van der Waals surface area contributed by atoms with Crippen LogP contribution in [-0.4, -0.2) is 42.7 Å². The number of rotatable bonds is 4. The van der Waals surface area contributed by atoms with Gasteiger partial charge in [-0.15, -0.1) is 0 Å². The number of aliphatic hydroxyl groups excluding tert-OH is 1. The first kappa shape index (κ1) is 14.7. The fourth-order valence-corrected chi connectivity index (χ4v) is 2.33. The van der Waals surface area contributed by atoms with E-state index < -0.39 is 6.10 Å². The molecule has 0 bridgehead atoms. The van der Waals surface area contributed by atoms with E-state index in [1.54, 1.807) is 7.11 Å². The molecule has 0 radical (unpaired) electrons. The van der Waals surface area contributed by atoms with Crippen LogP contribution in [0.25, 0.3) is 0 Å². The molecule has 1 unspecified atom stereocenters. The van der Waals surface area contributed by atoms with Gasteiger partial charge in [-0.05, 0) is 37.0 Å². The molecular formula is C15H23N3O2. The third-order valence-corrected chi connectivity index (χ3v) is 3.61. The Morgan fingerprint density at radius 3 is 2.55 bits per heavy atom. The first-order valence-electron chi connectivity index (χ1n) is 7.07. The molecule has 20 heavy (non-hydrogen) atoms. The van der Waals surface area contributed by atoms with Crippen LogP contribution in [0.2, 0.25) is 0 Å². The topological polar surface area (TPSA) is 71.1 Å². The summed E-state index contributed by atoms with van der Waals surface area (Å²) in [5.41, 5.74) is 6.79. The van der Waals surface area contributed by atoms with Gasteiger partial charge in [0, 0.05) is 13.1 Å². The molecule has 110 valence electrons. The monoisotopic (exact) mass is 277 g/mol. The van der Waals surface area contributed by atoms with Crippen molar-refractivity contribution in [3.63, 3.8) is 0 Å². The van der Waals surface area contributed by atoms with E-state index in [-0.39, 0.29) is 6.54 Å². The van der Waals surface area contributed by atoms with Crippen LogP contribution in [0.15, 0.2) is 29.3 Å². The summed E-state index contributed by atoms with van der Waals surface area (Å²) in [6.45, 7) is 2.22. The molecule has 1 aromatic rings. The van der Waals surface area contributed by atoms with Crippen molar-refractivity contribution in [3.8, 4) is 5.75 Å². The smallest absolute Gasteiger partial charge is 0.191 e. The number of ether oxygens (including phenoxy) is 1. The van der Waals surface area contributed by atoms with Gasteiger partial charge in [-0.1, -0.05) is 12.1 Å². The number of hydrogen-bond acceptors (Lipinski definition) is 3. The third kappa shape index (κ3) is 3.87. The minimum Gasteiger partial charge on any atom is -0.497 e. The molecule has 5 heteroatoms. The lowest BCUT2D eigenvalue weighted by Gasteiger charge is -2.27. The molecular weight excluding hydrogens is 254 g/mol. The fraction of sp³-hybridized carbons (Fsp3) is 0.533. The second-order valence-corrected chi connectivity index (χ2v) is 5.04. The van der Waals surface area contributed by atoms with Gasteiger partial charge >= 0.3 is 0 Å². The maximum Gasteiger partial charge on any atom is 0.191 e. The first-order valence-corrected chi connectivity index (χ1v) is 7.07. The van der Waals surface area contributed by atoms with Crippen molar-refractivity contribution in [1.82, 2.24) is 4.90 Å². The van der Waals surface area contributed by atoms with Gasteiger partial charge in [-0.25, -0.2) is 0 Å². The second kappa shape index (κ2) is 7.14. The van der Waals surface area contributed by atoms with Crippen LogP contribution in [0.5, 0.6) is 5.75 Å². The van der Waals surface area contributed by atoms with Crippen LogP contribution in [0.4, 0.5) is 0 Å². The van der Waals surface area contributed by atoms with Gasteiger partial charge in [-0.2, -0.15) is 0 Å². The average Bonchev–Trinajstić information content (AvgIpc) is 2.53. The van der Waals surface area contributed by atoms with E-state index in [1.807, 2.05) is 24.3 Å². The summed E-state index contributed by atoms with van der Waals surface area (Å²) in [5.74, 6) is 1.31. The molecule has 1 heterocycles. The Morgan fingerprint density at radius 2 is 1.95 bits per heavy atom. The normalized spacial score (nSPS) is 17.9. The maximum atomic E-state index is 10.1. The van der Waals surface area contributed by atoms with Crippen molar-refractivity contribution in [2.45, 2.75) is 25.4 Å². The lowest BCUT2D eigenvalue weighted by atomic mass is 10.1. The van der Waals surface area contributed by atoms with Gasteiger partial charge in [0.2, 0.25) is 0 Å². The lowest BCUT2D eigenvalue weighted by molar-refractivity contribution is 0.186. The standard InChI is InChI=1S/C15H23N3O2/c1-20-13-7-5-12(6-8-13)14(19)11-17-15(16)18-9-3-2-4-10-18/h5-8,14,19H,2-4,9-11H2,1H3,(H2,16,17). The van der Waals surface area contributed by atoms with Crippen molar-refractivity contribution in [3.05, 3.63) is 29.8 Å². The number of nitrogens with zero attached hydrogens (tertiary/aromatic N) is 2. The second-order valence-electron chi connectivity index (χ2n) is 5.04. The number of aliphatic imine (C=N–C) groups is 1. The molecule has 0 saturated carbocycles. The molecule has 0 aliphatic carbocycles. The van der Waals surface area contributed by atoms with Crippen LogP contribution in [-0.2, 0) is 0 Å². The molecule has 1 fully saturated rings. The summed E-state index contributed by atoms with van der Waals surface area (Å²) in [5, 5.41) is 10.1. The zero-order valence-electron chi connectivity index (χ0n) is 12.0. The van der Waals surface area contributed by atoms with E-state index in [2.05, 4.69) is 9.89 Å². The SMILES string of the molecule is COc1ccc(C(O)CN=C(N)N2CCCCC2)cc1. The molecule has 2 rings (SSSR count). The molecule has 5 nitrogen and oxygen atoms in total. The Kier molecular flexibility index (Phi) is 5.24. The van der Waals surface area contributed by atoms with E-state index in [9.17, 15) is 5.11 Å². The van der Waals surface area contributed by atoms with Crippen LogP contribution in [0.1, 0.15) is 30.9 Å². The number of guanidine groups is 1. The maximum absolute atomic E-state index is 10.1. The highest BCUT2D eigenvalue weighted by atomic mass is 16.5. The summed E-state index contributed by atoms with van der Waals surface area (Å²) in [7, 11) is 1.62. The van der Waals surface area contributed by atoms with Crippen molar-refractivity contribution >= 4 is 5.96 Å². The Hall–Kier alpha value is -1.75. The molecule has 0 spiro atoms. The van der Waals surface area contributed by atoms with Crippen LogP contribution < -0.4 is 10.5 Å². The summed E-state index contributed by atoms with van der Waals surface area (Å²) in [6.07, 6.45) is 2.96. The fourth-order valence-electron chi connectivity index (χ4n) is 2.33. The van der Waals surface area contributed by atoms with E-state index >= 15 is 0 Å². The van der Waals surface area contributed by atoms with Crippen LogP contribution in [0.3, 0.4) is 0 Å². The Balaban J connectivity index is 1.90. The van der Waals surface area contributed by atoms with Gasteiger partial charge in [0.05, 0.1) is 19.8 Å². The lowest BCUT2D eigenvalue weighted by Crippen LogP contribution is -2.41. The molecule has 1 aliphatic rings. The van der Waals surface area contributed by atoms with Crippen molar-refractivity contribution < 1.29 is 9.84 Å². The van der Waals surface area contributed by atoms with Crippen molar-refractivity contribution in [2.75, 3.05) is 26.7 Å². The minimum atomic E-state index is -0.635. The Bertz CT molecular complexity index is 439. The predicted molar refractivity (Wildman–Crippen MR) is 79.9 cm³/mol. The molecule has 0 aromatic heterocycles. The quantitative estimate of drug-likeness (QED) is 0.647. The molecule has 1 aliphatic heterocycles. The largest absolute Gasteiger partial charge is 0.497 e. The molecule has 3 N–H and O–H groups in total. The van der Waals surface area contributed by atoms with Gasteiger partial charge < -0.3 is 20.5 Å². The molecule has 1 aromatic carbocycles. The highest BCUT2D eigenvalue weighted by Gasteiger charge is 2.13. The van der Waals surface area contributed by atoms with E-state index in [1.165, 1.54) is 6.42 Å². The zero-order valence-corrected chi connectivity index (χ0v) is 12.0. The average molecular weight is 277 g/mol. The predicted octanol–water partition coefficient (Wildman–Crippen LogP) is 1.53. The summed E-state index contributed by atoms with van der Waals surface area (Å²) >= 11 is 0. The number of piperidine rings is 1. The third-order valence-electron chi connectivity index (χ3n) is 3.61. The number of aliphatic hydroxyl groups is 1. The van der Waals surface area contributed by atoms with Crippen molar-refractivity contribution in [2.24, 2.45) is 10.7 Å². The van der Waals surface area contributed by atoms with E-state index in [0.717, 1.165) is 37.2 Å². The number of likely N-dealkylation sites (tertiary alicyclic amines) is 1. The summed E-state index contributed by atoms with van der Waals surface area (Å²) in [4.78, 5) is 6.39. The number of nitrogens with two attached hydrogens (primary N) is 1.